The first-order valence-electron chi connectivity index (χ1n) is 9.94. The van der Waals surface area contributed by atoms with E-state index in [0.29, 0.717) is 16.6 Å². The predicted molar refractivity (Wildman–Crippen MR) is 112 cm³/mol. The van der Waals surface area contributed by atoms with E-state index < -0.39 is 0 Å². The number of halogens is 1. The molecule has 0 aliphatic carbocycles. The largest absolute Gasteiger partial charge is 0.292 e. The minimum atomic E-state index is -0.342. The van der Waals surface area contributed by atoms with Gasteiger partial charge < -0.3 is 0 Å². The second-order valence-electron chi connectivity index (χ2n) is 7.89. The molecule has 0 spiro atoms. The minimum Gasteiger partial charge on any atom is -0.292 e. The first kappa shape index (κ1) is 19.2. The molecule has 2 aromatic carbocycles. The van der Waals surface area contributed by atoms with Gasteiger partial charge in [-0.3, -0.25) is 14.5 Å². The molecule has 2 aliphatic rings. The molecule has 2 heterocycles. The van der Waals surface area contributed by atoms with E-state index in [1.165, 1.54) is 10.5 Å². The summed E-state index contributed by atoms with van der Waals surface area (Å²) in [6.45, 7) is 3.63. The second-order valence-corrected chi connectivity index (χ2v) is 8.30. The standard InChI is InChI=1S/C23H25ClN2O2/c1-16-7-8-19(14-20(16)24)26-22(27)15-21(23(26)28)25-11-9-18(10-12-25)13-17-5-3-2-4-6-17/h2-8,14,18,21H,9-13,15H2,1H3. The van der Waals surface area contributed by atoms with E-state index in [2.05, 4.69) is 29.2 Å². The number of anilines is 1. The van der Waals surface area contributed by atoms with Gasteiger partial charge in [-0.2, -0.15) is 0 Å². The number of imide groups is 1. The zero-order chi connectivity index (χ0) is 19.7. The van der Waals surface area contributed by atoms with Gasteiger partial charge in [0.05, 0.1) is 18.2 Å². The fourth-order valence-corrected chi connectivity index (χ4v) is 4.48. The molecule has 4 nitrogen and oxygen atoms in total. The third-order valence-corrected chi connectivity index (χ3v) is 6.40. The van der Waals surface area contributed by atoms with Crippen molar-refractivity contribution in [2.75, 3.05) is 18.0 Å². The Morgan fingerprint density at radius 2 is 1.75 bits per heavy atom. The number of amides is 2. The summed E-state index contributed by atoms with van der Waals surface area (Å²) in [5.74, 6) is 0.380. The highest BCUT2D eigenvalue weighted by Gasteiger charge is 2.43. The minimum absolute atomic E-state index is 0.119. The molecule has 1 unspecified atom stereocenters. The number of carbonyl (C=O) groups excluding carboxylic acids is 2. The van der Waals surface area contributed by atoms with Gasteiger partial charge in [-0.1, -0.05) is 48.0 Å². The summed E-state index contributed by atoms with van der Waals surface area (Å²) in [5, 5.41) is 0.572. The monoisotopic (exact) mass is 396 g/mol. The quantitative estimate of drug-likeness (QED) is 0.726. The molecule has 0 bridgehead atoms. The van der Waals surface area contributed by atoms with Gasteiger partial charge in [0.15, 0.2) is 0 Å². The number of benzene rings is 2. The van der Waals surface area contributed by atoms with Gasteiger partial charge in [0.1, 0.15) is 0 Å². The Hall–Kier alpha value is -2.17. The Morgan fingerprint density at radius 3 is 2.43 bits per heavy atom. The topological polar surface area (TPSA) is 40.6 Å². The predicted octanol–water partition coefficient (Wildman–Crippen LogP) is 4.24. The van der Waals surface area contributed by atoms with E-state index in [4.69, 9.17) is 11.6 Å². The summed E-state index contributed by atoms with van der Waals surface area (Å²) in [6, 6.07) is 15.6. The summed E-state index contributed by atoms with van der Waals surface area (Å²) in [4.78, 5) is 29.1. The molecule has 0 saturated carbocycles. The number of likely N-dealkylation sites (tertiary alicyclic amines) is 1. The van der Waals surface area contributed by atoms with Gasteiger partial charge in [-0.15, -0.1) is 0 Å². The first-order chi connectivity index (χ1) is 13.5. The molecule has 0 N–H and O–H groups in total. The normalized spacial score (nSPS) is 21.5. The van der Waals surface area contributed by atoms with Crippen LogP contribution in [0.15, 0.2) is 48.5 Å². The summed E-state index contributed by atoms with van der Waals surface area (Å²) >= 11 is 6.20. The van der Waals surface area contributed by atoms with Crippen molar-refractivity contribution >= 4 is 29.1 Å². The molecule has 28 heavy (non-hydrogen) atoms. The Morgan fingerprint density at radius 1 is 1.04 bits per heavy atom. The van der Waals surface area contributed by atoms with Crippen LogP contribution in [0.2, 0.25) is 5.02 Å². The SMILES string of the molecule is Cc1ccc(N2C(=O)CC(N3CCC(Cc4ccccc4)CC3)C2=O)cc1Cl. The summed E-state index contributed by atoms with van der Waals surface area (Å²) in [5.41, 5.74) is 2.88. The van der Waals surface area contributed by atoms with Crippen molar-refractivity contribution < 1.29 is 9.59 Å². The van der Waals surface area contributed by atoms with Crippen molar-refractivity contribution in [1.82, 2.24) is 4.90 Å². The van der Waals surface area contributed by atoms with Crippen molar-refractivity contribution in [1.29, 1.82) is 0 Å². The van der Waals surface area contributed by atoms with Crippen molar-refractivity contribution in [3.05, 3.63) is 64.7 Å². The number of carbonyl (C=O) groups is 2. The van der Waals surface area contributed by atoms with Crippen molar-refractivity contribution in [3.63, 3.8) is 0 Å². The van der Waals surface area contributed by atoms with Crippen LogP contribution in [0, 0.1) is 12.8 Å². The molecular weight excluding hydrogens is 372 g/mol. The average Bonchev–Trinajstić information content (AvgIpc) is 3.00. The Balaban J connectivity index is 1.40. The lowest BCUT2D eigenvalue weighted by Crippen LogP contribution is -2.46. The number of aryl methyl sites for hydroxylation is 1. The van der Waals surface area contributed by atoms with Crippen molar-refractivity contribution in [2.24, 2.45) is 5.92 Å². The number of hydrogen-bond acceptors (Lipinski definition) is 3. The summed E-state index contributed by atoms with van der Waals surface area (Å²) < 4.78 is 0. The van der Waals surface area contributed by atoms with Crippen LogP contribution in [0.1, 0.15) is 30.4 Å². The maximum absolute atomic E-state index is 13.0. The van der Waals surface area contributed by atoms with E-state index in [-0.39, 0.29) is 24.3 Å². The van der Waals surface area contributed by atoms with Gasteiger partial charge in [-0.25, -0.2) is 4.90 Å². The molecule has 2 aromatic rings. The van der Waals surface area contributed by atoms with E-state index in [1.54, 1.807) is 12.1 Å². The van der Waals surface area contributed by atoms with Crippen LogP contribution in [0.4, 0.5) is 5.69 Å². The third kappa shape index (κ3) is 3.85. The summed E-state index contributed by atoms with van der Waals surface area (Å²) in [7, 11) is 0. The molecule has 1 atom stereocenters. The zero-order valence-electron chi connectivity index (χ0n) is 16.1. The zero-order valence-corrected chi connectivity index (χ0v) is 16.9. The highest BCUT2D eigenvalue weighted by Crippen LogP contribution is 2.31. The fraction of sp³-hybridized carbons (Fsp3) is 0.391. The van der Waals surface area contributed by atoms with Gasteiger partial charge in [0.25, 0.3) is 5.91 Å². The maximum Gasteiger partial charge on any atom is 0.251 e. The Bertz CT molecular complexity index is 875. The van der Waals surface area contributed by atoms with Crippen LogP contribution < -0.4 is 4.90 Å². The van der Waals surface area contributed by atoms with Gasteiger partial charge >= 0.3 is 0 Å². The molecule has 2 fully saturated rings. The van der Waals surface area contributed by atoms with E-state index in [9.17, 15) is 9.59 Å². The van der Waals surface area contributed by atoms with Crippen molar-refractivity contribution in [3.8, 4) is 0 Å². The van der Waals surface area contributed by atoms with Crippen LogP contribution in [-0.2, 0) is 16.0 Å². The third-order valence-electron chi connectivity index (χ3n) is 5.99. The molecule has 2 amide bonds. The van der Waals surface area contributed by atoms with Gasteiger partial charge in [0.2, 0.25) is 5.91 Å². The van der Waals surface area contributed by atoms with Crippen LogP contribution in [0.25, 0.3) is 0 Å². The van der Waals surface area contributed by atoms with E-state index in [0.717, 1.165) is 37.9 Å². The molecule has 0 aromatic heterocycles. The van der Waals surface area contributed by atoms with Crippen molar-refractivity contribution in [2.45, 2.75) is 38.6 Å². The number of hydrogen-bond donors (Lipinski definition) is 0. The highest BCUT2D eigenvalue weighted by molar-refractivity contribution is 6.32. The lowest BCUT2D eigenvalue weighted by molar-refractivity contribution is -0.123. The van der Waals surface area contributed by atoms with Gasteiger partial charge in [0, 0.05) is 5.02 Å². The first-order valence-corrected chi connectivity index (χ1v) is 10.3. The van der Waals surface area contributed by atoms with Gasteiger partial charge in [-0.05, 0) is 68.5 Å². The average molecular weight is 397 g/mol. The van der Waals surface area contributed by atoms with Crippen LogP contribution in [0.3, 0.4) is 0 Å². The molecule has 4 rings (SSSR count). The lowest BCUT2D eigenvalue weighted by atomic mass is 9.89. The molecular formula is C23H25ClN2O2. The Labute approximate surface area is 171 Å². The van der Waals surface area contributed by atoms with Crippen LogP contribution in [0.5, 0.6) is 0 Å². The molecule has 5 heteroatoms. The van der Waals surface area contributed by atoms with E-state index in [1.807, 2.05) is 19.1 Å². The number of nitrogens with zero attached hydrogens (tertiary/aromatic N) is 2. The van der Waals surface area contributed by atoms with E-state index >= 15 is 0 Å². The fourth-order valence-electron chi connectivity index (χ4n) is 4.31. The number of piperidine rings is 1. The van der Waals surface area contributed by atoms with Crippen LogP contribution in [-0.4, -0.2) is 35.8 Å². The molecule has 2 saturated heterocycles. The molecule has 146 valence electrons. The molecule has 0 radical (unpaired) electrons. The highest BCUT2D eigenvalue weighted by atomic mass is 35.5. The molecule has 2 aliphatic heterocycles. The lowest BCUT2D eigenvalue weighted by Gasteiger charge is -2.34. The summed E-state index contributed by atoms with van der Waals surface area (Å²) in [6.07, 6.45) is 3.46. The maximum atomic E-state index is 13.0. The number of rotatable bonds is 4. The van der Waals surface area contributed by atoms with Crippen LogP contribution >= 0.6 is 11.6 Å². The second kappa shape index (κ2) is 8.06. The smallest absolute Gasteiger partial charge is 0.251 e. The Kier molecular flexibility index (Phi) is 5.51.